The summed E-state index contributed by atoms with van der Waals surface area (Å²) in [5.74, 6) is 2.45. The van der Waals surface area contributed by atoms with Gasteiger partial charge in [-0.25, -0.2) is 0 Å². The second-order valence-corrected chi connectivity index (χ2v) is 6.49. The zero-order chi connectivity index (χ0) is 15.1. The van der Waals surface area contributed by atoms with Crippen LogP contribution in [0.1, 0.15) is 20.8 Å². The van der Waals surface area contributed by atoms with Crippen LogP contribution in [-0.4, -0.2) is 60.0 Å². The zero-order valence-electron chi connectivity index (χ0n) is 13.2. The third kappa shape index (κ3) is 4.86. The highest BCUT2D eigenvalue weighted by molar-refractivity contribution is 7.99. The van der Waals surface area contributed by atoms with E-state index in [-0.39, 0.29) is 0 Å². The van der Waals surface area contributed by atoms with Gasteiger partial charge in [0.15, 0.2) is 5.16 Å². The first kappa shape index (κ1) is 16.6. The van der Waals surface area contributed by atoms with Crippen molar-refractivity contribution in [1.29, 1.82) is 0 Å². The molecule has 0 bridgehead atoms. The van der Waals surface area contributed by atoms with Crippen LogP contribution in [0.25, 0.3) is 0 Å². The Kier molecular flexibility index (Phi) is 6.79. The molecule has 1 aromatic rings. The van der Waals surface area contributed by atoms with Crippen molar-refractivity contribution in [3.63, 3.8) is 0 Å². The summed E-state index contributed by atoms with van der Waals surface area (Å²) in [5.41, 5.74) is 0. The van der Waals surface area contributed by atoms with Gasteiger partial charge < -0.3 is 14.4 Å². The zero-order valence-corrected chi connectivity index (χ0v) is 14.1. The molecule has 0 unspecified atom stereocenters. The lowest BCUT2D eigenvalue weighted by Gasteiger charge is -2.28. The molecule has 0 radical (unpaired) electrons. The van der Waals surface area contributed by atoms with Crippen molar-refractivity contribution in [2.75, 3.05) is 50.2 Å². The van der Waals surface area contributed by atoms with Crippen molar-refractivity contribution in [2.24, 2.45) is 5.92 Å². The number of anilines is 1. The first-order chi connectivity index (χ1) is 10.2. The second-order valence-electron chi connectivity index (χ2n) is 5.43. The van der Waals surface area contributed by atoms with Crippen molar-refractivity contribution in [2.45, 2.75) is 32.5 Å². The molecule has 0 spiro atoms. The molecule has 0 amide bonds. The molecule has 0 atom stereocenters. The predicted molar refractivity (Wildman–Crippen MR) is 85.1 cm³/mol. The lowest BCUT2D eigenvalue weighted by Crippen LogP contribution is -2.38. The van der Waals surface area contributed by atoms with E-state index in [0.717, 1.165) is 62.9 Å². The number of ether oxygens (including phenoxy) is 2. The molecule has 0 N–H and O–H groups in total. The summed E-state index contributed by atoms with van der Waals surface area (Å²) < 4.78 is 13.1. The largest absolute Gasteiger partial charge is 0.381 e. The van der Waals surface area contributed by atoms with Crippen LogP contribution in [0.4, 0.5) is 5.95 Å². The standard InChI is InChI=1S/C14H26N4O2S/c1-4-19-9-10-21-14-16-15-13(18(14)11-12(2)3)17-5-7-20-8-6-17/h12H,4-11H2,1-3H3. The molecule has 1 saturated heterocycles. The lowest BCUT2D eigenvalue weighted by molar-refractivity contribution is 0.121. The Labute approximate surface area is 131 Å². The topological polar surface area (TPSA) is 52.4 Å². The summed E-state index contributed by atoms with van der Waals surface area (Å²) in [7, 11) is 0. The smallest absolute Gasteiger partial charge is 0.228 e. The van der Waals surface area contributed by atoms with Gasteiger partial charge in [0.25, 0.3) is 0 Å². The highest BCUT2D eigenvalue weighted by atomic mass is 32.2. The van der Waals surface area contributed by atoms with E-state index < -0.39 is 0 Å². The molecule has 0 aromatic carbocycles. The van der Waals surface area contributed by atoms with E-state index in [9.17, 15) is 0 Å². The Hall–Kier alpha value is -0.790. The van der Waals surface area contributed by atoms with Crippen molar-refractivity contribution in [3.8, 4) is 0 Å². The average Bonchev–Trinajstić information content (AvgIpc) is 2.87. The molecule has 1 aromatic heterocycles. The molecule has 21 heavy (non-hydrogen) atoms. The Morgan fingerprint density at radius 3 is 2.71 bits per heavy atom. The molecule has 1 aliphatic rings. The van der Waals surface area contributed by atoms with E-state index in [4.69, 9.17) is 9.47 Å². The van der Waals surface area contributed by atoms with Crippen molar-refractivity contribution in [1.82, 2.24) is 14.8 Å². The van der Waals surface area contributed by atoms with E-state index in [0.29, 0.717) is 5.92 Å². The maximum Gasteiger partial charge on any atom is 0.228 e. The molecule has 120 valence electrons. The fourth-order valence-electron chi connectivity index (χ4n) is 2.25. The van der Waals surface area contributed by atoms with Gasteiger partial charge in [0.2, 0.25) is 5.95 Å². The van der Waals surface area contributed by atoms with Crippen molar-refractivity contribution in [3.05, 3.63) is 0 Å². The Balaban J connectivity index is 2.06. The second kappa shape index (κ2) is 8.60. The van der Waals surface area contributed by atoms with E-state index in [2.05, 4.69) is 33.5 Å². The molecular formula is C14H26N4O2S. The number of hydrogen-bond acceptors (Lipinski definition) is 6. The first-order valence-electron chi connectivity index (χ1n) is 7.68. The fraction of sp³-hybridized carbons (Fsp3) is 0.857. The molecule has 7 heteroatoms. The summed E-state index contributed by atoms with van der Waals surface area (Å²) in [5, 5.41) is 9.78. The minimum atomic E-state index is 0.562. The van der Waals surface area contributed by atoms with Gasteiger partial charge in [0, 0.05) is 32.0 Å². The van der Waals surface area contributed by atoms with Gasteiger partial charge in [0.1, 0.15) is 0 Å². The SMILES string of the molecule is CCOCCSc1nnc(N2CCOCC2)n1CC(C)C. The van der Waals surface area contributed by atoms with Gasteiger partial charge in [-0.2, -0.15) is 0 Å². The van der Waals surface area contributed by atoms with Crippen LogP contribution in [0.15, 0.2) is 5.16 Å². The number of morpholine rings is 1. The molecular weight excluding hydrogens is 288 g/mol. The predicted octanol–water partition coefficient (Wildman–Crippen LogP) is 1.90. The number of rotatable bonds is 8. The molecule has 1 fully saturated rings. The van der Waals surface area contributed by atoms with Gasteiger partial charge in [0.05, 0.1) is 19.8 Å². The number of aromatic nitrogens is 3. The van der Waals surface area contributed by atoms with Crippen molar-refractivity contribution < 1.29 is 9.47 Å². The summed E-state index contributed by atoms with van der Waals surface area (Å²) in [4.78, 5) is 2.27. The summed E-state index contributed by atoms with van der Waals surface area (Å²) in [6, 6.07) is 0. The van der Waals surface area contributed by atoms with Gasteiger partial charge in [-0.1, -0.05) is 25.6 Å². The highest BCUT2D eigenvalue weighted by Crippen LogP contribution is 2.24. The lowest BCUT2D eigenvalue weighted by atomic mass is 10.2. The molecule has 6 nitrogen and oxygen atoms in total. The maximum absolute atomic E-state index is 5.42. The molecule has 2 heterocycles. The van der Waals surface area contributed by atoms with Crippen LogP contribution in [0.2, 0.25) is 0 Å². The van der Waals surface area contributed by atoms with E-state index in [1.165, 1.54) is 0 Å². The molecule has 0 saturated carbocycles. The quantitative estimate of drug-likeness (QED) is 0.539. The van der Waals surface area contributed by atoms with Crippen LogP contribution in [0, 0.1) is 5.92 Å². The number of nitrogens with zero attached hydrogens (tertiary/aromatic N) is 4. The van der Waals surface area contributed by atoms with E-state index in [1.807, 2.05) is 6.92 Å². The number of thioether (sulfide) groups is 1. The van der Waals surface area contributed by atoms with Gasteiger partial charge >= 0.3 is 0 Å². The number of hydrogen-bond donors (Lipinski definition) is 0. The van der Waals surface area contributed by atoms with Crippen LogP contribution in [0.5, 0.6) is 0 Å². The van der Waals surface area contributed by atoms with Crippen LogP contribution in [-0.2, 0) is 16.0 Å². The normalized spacial score (nSPS) is 15.9. The van der Waals surface area contributed by atoms with Gasteiger partial charge in [-0.3, -0.25) is 4.57 Å². The Morgan fingerprint density at radius 1 is 1.29 bits per heavy atom. The first-order valence-corrected chi connectivity index (χ1v) is 8.67. The van der Waals surface area contributed by atoms with Crippen molar-refractivity contribution >= 4 is 17.7 Å². The van der Waals surface area contributed by atoms with E-state index in [1.54, 1.807) is 11.8 Å². The third-order valence-corrected chi connectivity index (χ3v) is 4.13. The van der Waals surface area contributed by atoms with Crippen LogP contribution < -0.4 is 4.90 Å². The molecule has 1 aliphatic heterocycles. The van der Waals surface area contributed by atoms with Gasteiger partial charge in [-0.05, 0) is 12.8 Å². The third-order valence-electron chi connectivity index (χ3n) is 3.20. The van der Waals surface area contributed by atoms with Crippen LogP contribution in [0.3, 0.4) is 0 Å². The average molecular weight is 314 g/mol. The minimum absolute atomic E-state index is 0.562. The molecule has 2 rings (SSSR count). The van der Waals surface area contributed by atoms with E-state index >= 15 is 0 Å². The fourth-order valence-corrected chi connectivity index (χ4v) is 3.04. The molecule has 0 aliphatic carbocycles. The summed E-state index contributed by atoms with van der Waals surface area (Å²) in [6.45, 7) is 12.2. The maximum atomic E-state index is 5.42. The Bertz CT molecular complexity index is 419. The minimum Gasteiger partial charge on any atom is -0.381 e. The summed E-state index contributed by atoms with van der Waals surface area (Å²) >= 11 is 1.72. The van der Waals surface area contributed by atoms with Gasteiger partial charge in [-0.15, -0.1) is 10.2 Å². The monoisotopic (exact) mass is 314 g/mol. The Morgan fingerprint density at radius 2 is 2.05 bits per heavy atom. The highest BCUT2D eigenvalue weighted by Gasteiger charge is 2.20. The van der Waals surface area contributed by atoms with Crippen LogP contribution >= 0.6 is 11.8 Å². The summed E-state index contributed by atoms with van der Waals surface area (Å²) in [6.07, 6.45) is 0.